The molecule has 2 aromatic rings. The van der Waals surface area contributed by atoms with Gasteiger partial charge in [-0.15, -0.1) is 0 Å². The minimum atomic E-state index is -0.698. The number of nitro benzene ring substituents is 2. The van der Waals surface area contributed by atoms with E-state index in [1.807, 2.05) is 0 Å². The van der Waals surface area contributed by atoms with Gasteiger partial charge in [-0.1, -0.05) is 12.1 Å². The number of ether oxygens (including phenoxy) is 1. The van der Waals surface area contributed by atoms with Gasteiger partial charge < -0.3 is 4.74 Å². The number of para-hydroxylation sites is 1. The van der Waals surface area contributed by atoms with Gasteiger partial charge in [-0.05, 0) is 24.6 Å². The third-order valence-electron chi connectivity index (χ3n) is 3.51. The van der Waals surface area contributed by atoms with Crippen LogP contribution in [0.1, 0.15) is 22.3 Å². The Morgan fingerprint density at radius 2 is 1.79 bits per heavy atom. The maximum atomic E-state index is 12.3. The number of non-ortho nitro benzene ring substituents is 1. The van der Waals surface area contributed by atoms with Crippen molar-refractivity contribution in [2.75, 3.05) is 7.11 Å². The van der Waals surface area contributed by atoms with Crippen LogP contribution in [-0.4, -0.2) is 22.7 Å². The number of aryl methyl sites for hydroxylation is 1. The summed E-state index contributed by atoms with van der Waals surface area (Å²) in [6, 6.07) is 10.1. The normalized spacial score (nSPS) is 10.2. The highest BCUT2D eigenvalue weighted by Crippen LogP contribution is 2.27. The molecule has 0 aliphatic carbocycles. The zero-order chi connectivity index (χ0) is 17.7. The summed E-state index contributed by atoms with van der Waals surface area (Å²) in [4.78, 5) is 32.7. The van der Waals surface area contributed by atoms with Crippen molar-refractivity contribution in [3.8, 4) is 5.75 Å². The molecule has 2 aromatic carbocycles. The van der Waals surface area contributed by atoms with Crippen molar-refractivity contribution in [2.45, 2.75) is 12.8 Å². The zero-order valence-corrected chi connectivity index (χ0v) is 12.8. The lowest BCUT2D eigenvalue weighted by Gasteiger charge is -2.07. The molecule has 0 unspecified atom stereocenters. The van der Waals surface area contributed by atoms with Gasteiger partial charge in [0.15, 0.2) is 5.78 Å². The number of hydrogen-bond donors (Lipinski definition) is 0. The topological polar surface area (TPSA) is 113 Å². The smallest absolute Gasteiger partial charge is 0.279 e. The van der Waals surface area contributed by atoms with Crippen molar-refractivity contribution in [3.63, 3.8) is 0 Å². The summed E-state index contributed by atoms with van der Waals surface area (Å²) >= 11 is 0. The first-order valence-corrected chi connectivity index (χ1v) is 7.02. The van der Waals surface area contributed by atoms with E-state index in [2.05, 4.69) is 0 Å². The molecule has 0 aliphatic heterocycles. The second-order valence-corrected chi connectivity index (χ2v) is 4.95. The third-order valence-corrected chi connectivity index (χ3v) is 3.51. The first kappa shape index (κ1) is 17.1. The van der Waals surface area contributed by atoms with Crippen LogP contribution >= 0.6 is 0 Å². The van der Waals surface area contributed by atoms with E-state index in [0.29, 0.717) is 11.3 Å². The number of carbonyl (C=O) groups is 1. The van der Waals surface area contributed by atoms with Crippen LogP contribution in [0.3, 0.4) is 0 Å². The predicted octanol–water partition coefficient (Wildman–Crippen LogP) is 3.33. The van der Waals surface area contributed by atoms with Crippen LogP contribution in [0.15, 0.2) is 42.5 Å². The maximum absolute atomic E-state index is 12.3. The van der Waals surface area contributed by atoms with Crippen molar-refractivity contribution < 1.29 is 19.4 Å². The Morgan fingerprint density at radius 1 is 1.08 bits per heavy atom. The van der Waals surface area contributed by atoms with Crippen LogP contribution in [-0.2, 0) is 6.42 Å². The number of ketones is 1. The number of nitro groups is 2. The van der Waals surface area contributed by atoms with Gasteiger partial charge in [0, 0.05) is 18.1 Å². The van der Waals surface area contributed by atoms with Crippen LogP contribution < -0.4 is 4.74 Å². The van der Waals surface area contributed by atoms with Gasteiger partial charge in [0.05, 0.1) is 28.6 Å². The van der Waals surface area contributed by atoms with Crippen LogP contribution in [0.5, 0.6) is 5.75 Å². The summed E-state index contributed by atoms with van der Waals surface area (Å²) in [7, 11) is 1.45. The Balaban J connectivity index is 2.21. The first-order chi connectivity index (χ1) is 11.4. The molecule has 0 atom stereocenters. The van der Waals surface area contributed by atoms with E-state index in [-0.39, 0.29) is 35.6 Å². The second kappa shape index (κ2) is 7.32. The number of methoxy groups -OCH3 is 1. The van der Waals surface area contributed by atoms with Gasteiger partial charge in [0.25, 0.3) is 11.4 Å². The Hall–Kier alpha value is -3.29. The van der Waals surface area contributed by atoms with E-state index in [0.717, 1.165) is 6.07 Å². The number of nitrogens with zero attached hydrogens (tertiary/aromatic N) is 2. The molecule has 0 N–H and O–H groups in total. The predicted molar refractivity (Wildman–Crippen MR) is 85.4 cm³/mol. The minimum Gasteiger partial charge on any atom is -0.496 e. The number of carbonyl (C=O) groups excluding carboxylic acids is 1. The van der Waals surface area contributed by atoms with Crippen molar-refractivity contribution in [2.24, 2.45) is 0 Å². The Labute approximate surface area is 137 Å². The molecule has 0 amide bonds. The molecular formula is C16H14N2O6. The van der Waals surface area contributed by atoms with Gasteiger partial charge in [-0.3, -0.25) is 25.0 Å². The molecule has 2 rings (SSSR count). The monoisotopic (exact) mass is 330 g/mol. The molecule has 0 aromatic heterocycles. The number of rotatable bonds is 7. The standard InChI is InChI=1S/C16H14N2O6/c1-24-16-5-3-2-4-13(16)15(19)9-7-11-6-8-12(17(20)21)10-14(11)18(22)23/h2-6,8,10H,7,9H2,1H3. The molecule has 0 saturated carbocycles. The van der Waals surface area contributed by atoms with Crippen LogP contribution in [0, 0.1) is 20.2 Å². The maximum Gasteiger partial charge on any atom is 0.279 e. The molecule has 0 heterocycles. The lowest BCUT2D eigenvalue weighted by molar-refractivity contribution is -0.394. The average Bonchev–Trinajstić information content (AvgIpc) is 2.59. The molecule has 0 spiro atoms. The summed E-state index contributed by atoms with van der Waals surface area (Å²) in [5, 5.41) is 21.8. The highest BCUT2D eigenvalue weighted by molar-refractivity contribution is 5.98. The third kappa shape index (κ3) is 3.72. The molecular weight excluding hydrogens is 316 g/mol. The molecule has 8 nitrogen and oxygen atoms in total. The van der Waals surface area contributed by atoms with Gasteiger partial charge in [0.2, 0.25) is 0 Å². The number of benzene rings is 2. The second-order valence-electron chi connectivity index (χ2n) is 4.95. The van der Waals surface area contributed by atoms with Gasteiger partial charge in [-0.25, -0.2) is 0 Å². The first-order valence-electron chi connectivity index (χ1n) is 7.02. The van der Waals surface area contributed by atoms with E-state index in [9.17, 15) is 25.0 Å². The van der Waals surface area contributed by atoms with E-state index in [4.69, 9.17) is 4.74 Å². The Morgan fingerprint density at radius 3 is 2.42 bits per heavy atom. The molecule has 8 heteroatoms. The molecule has 0 saturated heterocycles. The van der Waals surface area contributed by atoms with Gasteiger partial charge in [-0.2, -0.15) is 0 Å². The SMILES string of the molecule is COc1ccccc1C(=O)CCc1ccc([N+](=O)[O-])cc1[N+](=O)[O-]. The summed E-state index contributed by atoms with van der Waals surface area (Å²) < 4.78 is 5.12. The number of Topliss-reactive ketones (excluding diaryl/α,β-unsaturated/α-hetero) is 1. The lowest BCUT2D eigenvalue weighted by atomic mass is 10.0. The van der Waals surface area contributed by atoms with Crippen LogP contribution in [0.2, 0.25) is 0 Å². The highest BCUT2D eigenvalue weighted by Gasteiger charge is 2.20. The molecule has 24 heavy (non-hydrogen) atoms. The fraction of sp³-hybridized carbons (Fsp3) is 0.188. The van der Waals surface area contributed by atoms with Gasteiger partial charge in [0.1, 0.15) is 5.75 Å². The number of hydrogen-bond acceptors (Lipinski definition) is 6. The minimum absolute atomic E-state index is 0.0268. The lowest BCUT2D eigenvalue weighted by Crippen LogP contribution is -2.05. The Kier molecular flexibility index (Phi) is 5.20. The van der Waals surface area contributed by atoms with E-state index < -0.39 is 9.85 Å². The van der Waals surface area contributed by atoms with E-state index in [1.54, 1.807) is 24.3 Å². The molecule has 0 radical (unpaired) electrons. The van der Waals surface area contributed by atoms with Crippen molar-refractivity contribution in [3.05, 3.63) is 73.8 Å². The average molecular weight is 330 g/mol. The van der Waals surface area contributed by atoms with Crippen LogP contribution in [0.25, 0.3) is 0 Å². The van der Waals surface area contributed by atoms with E-state index in [1.165, 1.54) is 19.2 Å². The zero-order valence-electron chi connectivity index (χ0n) is 12.8. The van der Waals surface area contributed by atoms with Gasteiger partial charge >= 0.3 is 0 Å². The molecule has 0 fully saturated rings. The summed E-state index contributed by atoms with van der Waals surface area (Å²) in [6.45, 7) is 0. The summed E-state index contributed by atoms with van der Waals surface area (Å²) in [6.07, 6.45) is 0.129. The van der Waals surface area contributed by atoms with Crippen LogP contribution in [0.4, 0.5) is 11.4 Å². The summed E-state index contributed by atoms with van der Waals surface area (Å²) in [5.74, 6) is 0.209. The fourth-order valence-electron chi connectivity index (χ4n) is 2.31. The van der Waals surface area contributed by atoms with E-state index >= 15 is 0 Å². The van der Waals surface area contributed by atoms with Crippen molar-refractivity contribution in [1.29, 1.82) is 0 Å². The van der Waals surface area contributed by atoms with Crippen molar-refractivity contribution in [1.82, 2.24) is 0 Å². The molecule has 124 valence electrons. The fourth-order valence-corrected chi connectivity index (χ4v) is 2.31. The summed E-state index contributed by atoms with van der Waals surface area (Å²) in [5.41, 5.74) is -0.0584. The highest BCUT2D eigenvalue weighted by atomic mass is 16.6. The Bertz CT molecular complexity index is 803. The molecule has 0 aliphatic rings. The molecule has 0 bridgehead atoms. The largest absolute Gasteiger partial charge is 0.496 e. The quantitative estimate of drug-likeness (QED) is 0.437. The van der Waals surface area contributed by atoms with Crippen molar-refractivity contribution >= 4 is 17.2 Å².